The van der Waals surface area contributed by atoms with Crippen molar-refractivity contribution in [1.29, 1.82) is 0 Å². The smallest absolute Gasteiger partial charge is 0.228 e. The summed E-state index contributed by atoms with van der Waals surface area (Å²) in [5.41, 5.74) is 3.27. The quantitative estimate of drug-likeness (QED) is 0.285. The normalized spacial score (nSPS) is 19.8. The van der Waals surface area contributed by atoms with E-state index in [0.717, 1.165) is 30.4 Å². The number of nitrogens with zero attached hydrogens (tertiary/aromatic N) is 2. The van der Waals surface area contributed by atoms with E-state index in [0.29, 0.717) is 35.9 Å². The molecular weight excluding hydrogens is 535 g/mol. The maximum absolute atomic E-state index is 14.0. The van der Waals surface area contributed by atoms with Crippen molar-refractivity contribution in [3.63, 3.8) is 0 Å². The number of carbonyl (C=O) groups is 3. The molecule has 5 rings (SSSR count). The molecule has 1 heterocycles. The molecule has 3 atom stereocenters. The molecule has 1 fully saturated rings. The number of para-hydroxylation sites is 2. The standard InChI is InChI=1S/C34H35FN2O5/c1-2-3-6-19-42-26-15-11-23(12-16-26)34-33-28(20-24(21-30(33)38)22-9-13-25(35)14-10-22)36-27-7-4-5-8-29(27)37(34)31(39)17-18-32(40)41/h4-5,7-16,24,33-34H,2-3,6,17-21H2,1H3,(H,40,41)/p-1/t24-,33+,34-/m0/s1. The number of carboxylic acid groups (broad SMARTS) is 1. The highest BCUT2D eigenvalue weighted by Crippen LogP contribution is 2.47. The minimum Gasteiger partial charge on any atom is -0.550 e. The van der Waals surface area contributed by atoms with Crippen LogP contribution in [0.4, 0.5) is 15.8 Å². The van der Waals surface area contributed by atoms with Gasteiger partial charge in [0.25, 0.3) is 0 Å². The van der Waals surface area contributed by atoms with E-state index in [2.05, 4.69) is 6.92 Å². The van der Waals surface area contributed by atoms with E-state index in [1.54, 1.807) is 35.2 Å². The van der Waals surface area contributed by atoms with Crippen LogP contribution in [0.2, 0.25) is 0 Å². The Labute approximate surface area is 245 Å². The molecule has 0 saturated heterocycles. The lowest BCUT2D eigenvalue weighted by atomic mass is 9.72. The lowest BCUT2D eigenvalue weighted by Crippen LogP contribution is -2.45. The summed E-state index contributed by atoms with van der Waals surface area (Å²) < 4.78 is 19.5. The van der Waals surface area contributed by atoms with Crippen LogP contribution < -0.4 is 14.7 Å². The van der Waals surface area contributed by atoms with Gasteiger partial charge in [-0.2, -0.15) is 0 Å². The molecule has 7 nitrogen and oxygen atoms in total. The van der Waals surface area contributed by atoms with Crippen molar-refractivity contribution in [3.8, 4) is 5.75 Å². The van der Waals surface area contributed by atoms with Gasteiger partial charge in [0.15, 0.2) is 0 Å². The average Bonchev–Trinajstić information content (AvgIpc) is 3.13. The topological polar surface area (TPSA) is 99.1 Å². The number of hydrogen-bond donors (Lipinski definition) is 0. The summed E-state index contributed by atoms with van der Waals surface area (Å²) in [6, 6.07) is 20.0. The first-order valence-corrected chi connectivity index (χ1v) is 14.5. The van der Waals surface area contributed by atoms with E-state index in [1.165, 1.54) is 12.1 Å². The Morgan fingerprint density at radius 2 is 1.67 bits per heavy atom. The van der Waals surface area contributed by atoms with Crippen LogP contribution in [-0.2, 0) is 14.4 Å². The number of amides is 1. The molecule has 0 radical (unpaired) electrons. The molecular formula is C34H34FN2O5-. The molecule has 2 aliphatic rings. The fourth-order valence-corrected chi connectivity index (χ4v) is 5.93. The van der Waals surface area contributed by atoms with Gasteiger partial charge in [0.1, 0.15) is 17.3 Å². The van der Waals surface area contributed by atoms with Crippen LogP contribution in [-0.4, -0.2) is 30.0 Å². The summed E-state index contributed by atoms with van der Waals surface area (Å²) in [6.07, 6.45) is 3.08. The molecule has 1 amide bonds. The highest BCUT2D eigenvalue weighted by Gasteiger charge is 2.46. The molecule has 0 aromatic heterocycles. The molecule has 218 valence electrons. The number of rotatable bonds is 10. The van der Waals surface area contributed by atoms with E-state index in [-0.39, 0.29) is 30.4 Å². The highest BCUT2D eigenvalue weighted by molar-refractivity contribution is 6.13. The van der Waals surface area contributed by atoms with E-state index >= 15 is 0 Å². The van der Waals surface area contributed by atoms with E-state index < -0.39 is 30.3 Å². The maximum atomic E-state index is 14.0. The molecule has 0 bridgehead atoms. The van der Waals surface area contributed by atoms with Crippen molar-refractivity contribution in [2.45, 2.75) is 63.8 Å². The van der Waals surface area contributed by atoms with Gasteiger partial charge in [0.05, 0.1) is 29.9 Å². The second-order valence-corrected chi connectivity index (χ2v) is 10.9. The van der Waals surface area contributed by atoms with Crippen molar-refractivity contribution in [2.24, 2.45) is 10.9 Å². The predicted molar refractivity (Wildman–Crippen MR) is 156 cm³/mol. The second-order valence-electron chi connectivity index (χ2n) is 10.9. The molecule has 1 saturated carbocycles. The van der Waals surface area contributed by atoms with Crippen LogP contribution in [0.15, 0.2) is 77.8 Å². The zero-order chi connectivity index (χ0) is 29.6. The number of aliphatic imine (C=N–C) groups is 1. The zero-order valence-electron chi connectivity index (χ0n) is 23.6. The molecule has 42 heavy (non-hydrogen) atoms. The summed E-state index contributed by atoms with van der Waals surface area (Å²) in [7, 11) is 0. The number of aliphatic carboxylic acids is 1. The second kappa shape index (κ2) is 13.1. The van der Waals surface area contributed by atoms with Gasteiger partial charge < -0.3 is 19.5 Å². The van der Waals surface area contributed by atoms with Crippen LogP contribution >= 0.6 is 0 Å². The number of ketones is 1. The third kappa shape index (κ3) is 6.43. The molecule has 1 aliphatic carbocycles. The number of carboxylic acids is 1. The Bertz CT molecular complexity index is 1470. The van der Waals surface area contributed by atoms with E-state index in [4.69, 9.17) is 9.73 Å². The van der Waals surface area contributed by atoms with Crippen molar-refractivity contribution < 1.29 is 28.6 Å². The van der Waals surface area contributed by atoms with Crippen molar-refractivity contribution >= 4 is 34.7 Å². The van der Waals surface area contributed by atoms with Crippen LogP contribution in [0.5, 0.6) is 5.75 Å². The monoisotopic (exact) mass is 569 g/mol. The SMILES string of the molecule is CCCCCOc1ccc([C@H]2[C@H]3C(=O)C[C@@H](c4ccc(F)cc4)CC3=Nc3ccccc3N2C(=O)CCC(=O)[O-])cc1. The van der Waals surface area contributed by atoms with Gasteiger partial charge in [0.2, 0.25) is 5.91 Å². The first-order valence-electron chi connectivity index (χ1n) is 14.5. The number of carbonyl (C=O) groups excluding carboxylic acids is 3. The number of hydrogen-bond acceptors (Lipinski definition) is 6. The van der Waals surface area contributed by atoms with Gasteiger partial charge in [-0.25, -0.2) is 4.39 Å². The number of Topliss-reactive ketones (excluding diaryl/α,β-unsaturated/α-hetero) is 1. The molecule has 3 aromatic rings. The van der Waals surface area contributed by atoms with E-state index in [9.17, 15) is 23.9 Å². The summed E-state index contributed by atoms with van der Waals surface area (Å²) in [6.45, 7) is 2.73. The molecule has 1 aliphatic heterocycles. The minimum atomic E-state index is -1.32. The van der Waals surface area contributed by atoms with Gasteiger partial charge in [-0.05, 0) is 72.7 Å². The number of fused-ring (bicyclic) bond motifs is 2. The summed E-state index contributed by atoms with van der Waals surface area (Å²) in [5, 5.41) is 11.3. The van der Waals surface area contributed by atoms with Crippen molar-refractivity contribution in [3.05, 3.63) is 89.7 Å². The molecule has 8 heteroatoms. The van der Waals surface area contributed by atoms with Gasteiger partial charge >= 0.3 is 0 Å². The molecule has 3 aromatic carbocycles. The fraction of sp³-hybridized carbons (Fsp3) is 0.353. The summed E-state index contributed by atoms with van der Waals surface area (Å²) >= 11 is 0. The van der Waals surface area contributed by atoms with Gasteiger partial charge in [-0.15, -0.1) is 0 Å². The summed E-state index contributed by atoms with van der Waals surface area (Å²) in [5.74, 6) is -2.40. The van der Waals surface area contributed by atoms with Crippen LogP contribution in [0, 0.1) is 11.7 Å². The number of ether oxygens (including phenoxy) is 1. The van der Waals surface area contributed by atoms with Crippen LogP contribution in [0.25, 0.3) is 0 Å². The maximum Gasteiger partial charge on any atom is 0.228 e. The predicted octanol–water partition coefficient (Wildman–Crippen LogP) is 5.85. The average molecular weight is 570 g/mol. The van der Waals surface area contributed by atoms with Gasteiger partial charge in [-0.3, -0.25) is 14.6 Å². The highest BCUT2D eigenvalue weighted by atomic mass is 19.1. The molecule has 0 spiro atoms. The zero-order valence-corrected chi connectivity index (χ0v) is 23.6. The first-order chi connectivity index (χ1) is 20.4. The van der Waals surface area contributed by atoms with Gasteiger partial charge in [-0.1, -0.05) is 56.2 Å². The third-order valence-electron chi connectivity index (χ3n) is 8.00. The van der Waals surface area contributed by atoms with Crippen molar-refractivity contribution in [1.82, 2.24) is 0 Å². The Balaban J connectivity index is 1.56. The molecule has 0 unspecified atom stereocenters. The van der Waals surface area contributed by atoms with E-state index in [1.807, 2.05) is 30.3 Å². The number of halogens is 1. The Hall–Kier alpha value is -4.33. The summed E-state index contributed by atoms with van der Waals surface area (Å²) in [4.78, 5) is 45.6. The lowest BCUT2D eigenvalue weighted by Gasteiger charge is -2.39. The molecule has 0 N–H and O–H groups in total. The number of anilines is 1. The number of benzene rings is 3. The largest absolute Gasteiger partial charge is 0.550 e. The minimum absolute atomic E-state index is 0.0790. The fourth-order valence-electron chi connectivity index (χ4n) is 5.93. The third-order valence-corrected chi connectivity index (χ3v) is 8.00. The first kappa shape index (κ1) is 29.2. The Kier molecular flexibility index (Phi) is 9.10. The van der Waals surface area contributed by atoms with Crippen LogP contribution in [0.3, 0.4) is 0 Å². The Morgan fingerprint density at radius 3 is 2.38 bits per heavy atom. The Morgan fingerprint density at radius 1 is 0.952 bits per heavy atom. The van der Waals surface area contributed by atoms with Crippen molar-refractivity contribution in [2.75, 3.05) is 11.5 Å². The van der Waals surface area contributed by atoms with Gasteiger partial charge in [0, 0.05) is 24.5 Å². The lowest BCUT2D eigenvalue weighted by molar-refractivity contribution is -0.305. The van der Waals surface area contributed by atoms with Crippen LogP contribution in [0.1, 0.15) is 75.0 Å². The number of unbranched alkanes of at least 4 members (excludes halogenated alkanes) is 2.